The molecule has 2 aromatic rings. The first kappa shape index (κ1) is 14.6. The van der Waals surface area contributed by atoms with Crippen LogP contribution in [0.25, 0.3) is 0 Å². The highest BCUT2D eigenvalue weighted by Crippen LogP contribution is 2.17. The fourth-order valence-corrected chi connectivity index (χ4v) is 1.87. The SMILES string of the molecule is CC(C)c1ccc(NC(=O)Nc2ccc(C#N)cc2)cc1. The van der Waals surface area contributed by atoms with Gasteiger partial charge in [0.05, 0.1) is 11.6 Å². The summed E-state index contributed by atoms with van der Waals surface area (Å²) in [6.07, 6.45) is 0. The Morgan fingerprint density at radius 3 is 1.86 bits per heavy atom. The zero-order chi connectivity index (χ0) is 15.2. The summed E-state index contributed by atoms with van der Waals surface area (Å²) < 4.78 is 0. The second-order valence-electron chi connectivity index (χ2n) is 5.04. The number of nitrogens with zero attached hydrogens (tertiary/aromatic N) is 1. The van der Waals surface area contributed by atoms with Crippen molar-refractivity contribution in [1.29, 1.82) is 5.26 Å². The topological polar surface area (TPSA) is 64.9 Å². The third-order valence-corrected chi connectivity index (χ3v) is 3.11. The number of nitrogens with one attached hydrogen (secondary N) is 2. The van der Waals surface area contributed by atoms with Crippen LogP contribution in [0.2, 0.25) is 0 Å². The van der Waals surface area contributed by atoms with E-state index in [1.54, 1.807) is 24.3 Å². The molecule has 106 valence electrons. The molecule has 2 N–H and O–H groups in total. The van der Waals surface area contributed by atoms with E-state index in [4.69, 9.17) is 5.26 Å². The van der Waals surface area contributed by atoms with E-state index in [0.29, 0.717) is 17.2 Å². The molecule has 2 rings (SSSR count). The number of benzene rings is 2. The predicted molar refractivity (Wildman–Crippen MR) is 84.3 cm³/mol. The Labute approximate surface area is 124 Å². The number of hydrogen-bond donors (Lipinski definition) is 2. The lowest BCUT2D eigenvalue weighted by molar-refractivity contribution is 0.262. The smallest absolute Gasteiger partial charge is 0.308 e. The van der Waals surface area contributed by atoms with Gasteiger partial charge < -0.3 is 10.6 Å². The third kappa shape index (κ3) is 4.08. The minimum absolute atomic E-state index is 0.308. The molecule has 0 aliphatic heterocycles. The third-order valence-electron chi connectivity index (χ3n) is 3.11. The van der Waals surface area contributed by atoms with Crippen molar-refractivity contribution < 1.29 is 4.79 Å². The summed E-state index contributed by atoms with van der Waals surface area (Å²) in [7, 11) is 0. The Hall–Kier alpha value is -2.80. The van der Waals surface area contributed by atoms with Gasteiger partial charge in [-0.1, -0.05) is 26.0 Å². The summed E-state index contributed by atoms with van der Waals surface area (Å²) >= 11 is 0. The van der Waals surface area contributed by atoms with Crippen molar-refractivity contribution in [3.8, 4) is 6.07 Å². The standard InChI is InChI=1S/C17H17N3O/c1-12(2)14-5-9-16(10-6-14)20-17(21)19-15-7-3-13(11-18)4-8-15/h3-10,12H,1-2H3,(H2,19,20,21). The monoisotopic (exact) mass is 279 g/mol. The summed E-state index contributed by atoms with van der Waals surface area (Å²) in [6.45, 7) is 4.25. The normalized spacial score (nSPS) is 10.0. The van der Waals surface area contributed by atoms with Crippen molar-refractivity contribution in [2.24, 2.45) is 0 Å². The number of nitriles is 1. The molecule has 0 aliphatic carbocycles. The second-order valence-corrected chi connectivity index (χ2v) is 5.04. The quantitative estimate of drug-likeness (QED) is 0.878. The molecule has 0 saturated carbocycles. The first-order chi connectivity index (χ1) is 10.1. The lowest BCUT2D eigenvalue weighted by Gasteiger charge is -2.09. The maximum Gasteiger partial charge on any atom is 0.323 e. The largest absolute Gasteiger partial charge is 0.323 e. The minimum atomic E-state index is -0.308. The number of urea groups is 1. The Balaban J connectivity index is 1.96. The van der Waals surface area contributed by atoms with Gasteiger partial charge in [0.15, 0.2) is 0 Å². The fraction of sp³-hybridized carbons (Fsp3) is 0.176. The van der Waals surface area contributed by atoms with Gasteiger partial charge in [0.2, 0.25) is 0 Å². The fourth-order valence-electron chi connectivity index (χ4n) is 1.87. The molecule has 4 heteroatoms. The van der Waals surface area contributed by atoms with E-state index in [1.807, 2.05) is 30.3 Å². The van der Waals surface area contributed by atoms with Gasteiger partial charge in [0, 0.05) is 11.4 Å². The van der Waals surface area contributed by atoms with Gasteiger partial charge in [-0.2, -0.15) is 5.26 Å². The van der Waals surface area contributed by atoms with Crippen LogP contribution in [-0.2, 0) is 0 Å². The van der Waals surface area contributed by atoms with Gasteiger partial charge in [-0.15, -0.1) is 0 Å². The van der Waals surface area contributed by atoms with Crippen LogP contribution in [0.15, 0.2) is 48.5 Å². The number of rotatable bonds is 3. The molecular formula is C17H17N3O. The highest BCUT2D eigenvalue weighted by molar-refractivity contribution is 5.99. The summed E-state index contributed by atoms with van der Waals surface area (Å²) in [4.78, 5) is 11.9. The highest BCUT2D eigenvalue weighted by Gasteiger charge is 2.04. The maximum atomic E-state index is 11.9. The number of hydrogen-bond acceptors (Lipinski definition) is 2. The van der Waals surface area contributed by atoms with E-state index in [1.165, 1.54) is 5.56 Å². The van der Waals surface area contributed by atoms with Crippen LogP contribution in [-0.4, -0.2) is 6.03 Å². The molecule has 0 bridgehead atoms. The van der Waals surface area contributed by atoms with Crippen molar-refractivity contribution in [2.45, 2.75) is 19.8 Å². The van der Waals surface area contributed by atoms with Gasteiger partial charge in [0.1, 0.15) is 0 Å². The Bertz CT molecular complexity index is 652. The van der Waals surface area contributed by atoms with Crippen LogP contribution in [0.4, 0.5) is 16.2 Å². The highest BCUT2D eigenvalue weighted by atomic mass is 16.2. The molecular weight excluding hydrogens is 262 g/mol. The number of carbonyl (C=O) groups is 1. The summed E-state index contributed by atoms with van der Waals surface area (Å²) in [5, 5.41) is 14.2. The van der Waals surface area contributed by atoms with Gasteiger partial charge in [-0.25, -0.2) is 4.79 Å². The molecule has 0 unspecified atom stereocenters. The average molecular weight is 279 g/mol. The van der Waals surface area contributed by atoms with E-state index >= 15 is 0 Å². The zero-order valence-corrected chi connectivity index (χ0v) is 12.1. The van der Waals surface area contributed by atoms with E-state index < -0.39 is 0 Å². The van der Waals surface area contributed by atoms with Crippen LogP contribution in [0.3, 0.4) is 0 Å². The predicted octanol–water partition coefficient (Wildman–Crippen LogP) is 4.33. The first-order valence-electron chi connectivity index (χ1n) is 6.76. The molecule has 21 heavy (non-hydrogen) atoms. The number of amides is 2. The van der Waals surface area contributed by atoms with Crippen molar-refractivity contribution in [3.05, 3.63) is 59.7 Å². The number of anilines is 2. The molecule has 4 nitrogen and oxygen atoms in total. The van der Waals surface area contributed by atoms with Crippen molar-refractivity contribution in [1.82, 2.24) is 0 Å². The summed E-state index contributed by atoms with van der Waals surface area (Å²) in [6, 6.07) is 16.2. The van der Waals surface area contributed by atoms with E-state index in [0.717, 1.165) is 5.69 Å². The van der Waals surface area contributed by atoms with Gasteiger partial charge in [-0.05, 0) is 47.9 Å². The Morgan fingerprint density at radius 2 is 1.43 bits per heavy atom. The molecule has 2 aromatic carbocycles. The van der Waals surface area contributed by atoms with Crippen molar-refractivity contribution in [3.63, 3.8) is 0 Å². The average Bonchev–Trinajstić information content (AvgIpc) is 2.48. The molecule has 0 aliphatic rings. The van der Waals surface area contributed by atoms with Crippen LogP contribution >= 0.6 is 0 Å². The lowest BCUT2D eigenvalue weighted by Crippen LogP contribution is -2.19. The van der Waals surface area contributed by atoms with E-state index in [9.17, 15) is 4.79 Å². The van der Waals surface area contributed by atoms with Gasteiger partial charge in [0.25, 0.3) is 0 Å². The van der Waals surface area contributed by atoms with Crippen LogP contribution in [0.5, 0.6) is 0 Å². The Kier molecular flexibility index (Phi) is 4.57. The molecule has 0 atom stereocenters. The van der Waals surface area contributed by atoms with Gasteiger partial charge in [-0.3, -0.25) is 0 Å². The molecule has 0 aromatic heterocycles. The summed E-state index contributed by atoms with van der Waals surface area (Å²) in [5.74, 6) is 0.464. The van der Waals surface area contributed by atoms with E-state index in [-0.39, 0.29) is 6.03 Å². The van der Waals surface area contributed by atoms with Crippen molar-refractivity contribution in [2.75, 3.05) is 10.6 Å². The first-order valence-corrected chi connectivity index (χ1v) is 6.76. The molecule has 0 fully saturated rings. The molecule has 2 amide bonds. The van der Waals surface area contributed by atoms with Crippen molar-refractivity contribution >= 4 is 17.4 Å². The molecule has 0 heterocycles. The van der Waals surface area contributed by atoms with E-state index in [2.05, 4.69) is 24.5 Å². The number of carbonyl (C=O) groups excluding carboxylic acids is 1. The van der Waals surface area contributed by atoms with Crippen LogP contribution < -0.4 is 10.6 Å². The minimum Gasteiger partial charge on any atom is -0.308 e. The maximum absolute atomic E-state index is 11.9. The molecule has 0 spiro atoms. The lowest BCUT2D eigenvalue weighted by atomic mass is 10.0. The Morgan fingerprint density at radius 1 is 0.952 bits per heavy atom. The zero-order valence-electron chi connectivity index (χ0n) is 12.1. The molecule has 0 radical (unpaired) electrons. The van der Waals surface area contributed by atoms with Crippen LogP contribution in [0, 0.1) is 11.3 Å². The van der Waals surface area contributed by atoms with Gasteiger partial charge >= 0.3 is 6.03 Å². The molecule has 0 saturated heterocycles. The van der Waals surface area contributed by atoms with Crippen LogP contribution in [0.1, 0.15) is 30.9 Å². The summed E-state index contributed by atoms with van der Waals surface area (Å²) in [5.41, 5.74) is 3.18. The second kappa shape index (κ2) is 6.58.